The van der Waals surface area contributed by atoms with Gasteiger partial charge in [-0.3, -0.25) is 10.1 Å². The molecule has 1 saturated carbocycles. The molecule has 5 atom stereocenters. The Labute approximate surface area is 207 Å². The van der Waals surface area contributed by atoms with E-state index in [1.807, 2.05) is 6.92 Å². The van der Waals surface area contributed by atoms with E-state index in [-0.39, 0.29) is 33.0 Å². The largest absolute Gasteiger partial charge is 0.480 e. The molecule has 0 spiro atoms. The monoisotopic (exact) mass is 506 g/mol. The van der Waals surface area contributed by atoms with Crippen molar-refractivity contribution >= 4 is 29.2 Å². The van der Waals surface area contributed by atoms with Gasteiger partial charge in [0.25, 0.3) is 0 Å². The van der Waals surface area contributed by atoms with Gasteiger partial charge in [-0.1, -0.05) is 80.4 Å². The molecule has 0 amide bonds. The van der Waals surface area contributed by atoms with Crippen molar-refractivity contribution in [2.45, 2.75) is 62.4 Å². The van der Waals surface area contributed by atoms with Gasteiger partial charge in [0.15, 0.2) is 0 Å². The fourth-order valence-electron chi connectivity index (χ4n) is 6.13. The van der Waals surface area contributed by atoms with Crippen LogP contribution >= 0.6 is 23.2 Å². The van der Waals surface area contributed by atoms with Crippen LogP contribution in [0.5, 0.6) is 0 Å². The summed E-state index contributed by atoms with van der Waals surface area (Å²) in [5.74, 6) is -3.93. The highest BCUT2D eigenvalue weighted by Gasteiger charge is 2.62. The number of hydrogen-bond donors (Lipinski definition) is 2. The maximum Gasteiger partial charge on any atom is 0.321 e. The van der Waals surface area contributed by atoms with Gasteiger partial charge >= 0.3 is 5.97 Å². The van der Waals surface area contributed by atoms with Crippen LogP contribution in [0.15, 0.2) is 36.4 Å². The zero-order chi connectivity index (χ0) is 24.6. The molecule has 8 heteroatoms. The second-order valence-corrected chi connectivity index (χ2v) is 10.3. The van der Waals surface area contributed by atoms with Crippen molar-refractivity contribution in [3.8, 4) is 6.07 Å². The van der Waals surface area contributed by atoms with E-state index in [0.717, 1.165) is 38.2 Å². The van der Waals surface area contributed by atoms with Gasteiger partial charge in [0.1, 0.15) is 23.1 Å². The molecule has 34 heavy (non-hydrogen) atoms. The first kappa shape index (κ1) is 24.9. The predicted octanol–water partition coefficient (Wildman–Crippen LogP) is 6.46. The second-order valence-electron chi connectivity index (χ2n) is 9.44. The van der Waals surface area contributed by atoms with Crippen LogP contribution < -0.4 is 5.32 Å². The van der Waals surface area contributed by atoms with Gasteiger partial charge < -0.3 is 5.11 Å². The Balaban J connectivity index is 1.99. The van der Waals surface area contributed by atoms with Crippen LogP contribution in [0.2, 0.25) is 10.0 Å². The number of carboxylic acid groups (broad SMARTS) is 1. The summed E-state index contributed by atoms with van der Waals surface area (Å²) in [6.45, 7) is 1.98. The lowest BCUT2D eigenvalue weighted by Crippen LogP contribution is -2.49. The summed E-state index contributed by atoms with van der Waals surface area (Å²) < 4.78 is 30.8. The molecule has 1 saturated heterocycles. The number of carboxylic acids is 1. The third-order valence-electron chi connectivity index (χ3n) is 7.74. The topological polar surface area (TPSA) is 73.1 Å². The number of carbonyl (C=O) groups is 1. The number of nitrogens with zero attached hydrogens (tertiary/aromatic N) is 1. The van der Waals surface area contributed by atoms with Crippen molar-refractivity contribution in [2.75, 3.05) is 0 Å². The number of rotatable bonds is 5. The van der Waals surface area contributed by atoms with Gasteiger partial charge in [-0.25, -0.2) is 8.78 Å². The lowest BCUT2D eigenvalue weighted by molar-refractivity contribution is -0.139. The van der Waals surface area contributed by atoms with Crippen molar-refractivity contribution in [1.29, 1.82) is 5.26 Å². The highest BCUT2D eigenvalue weighted by molar-refractivity contribution is 6.31. The molecule has 0 aromatic heterocycles. The molecule has 5 unspecified atom stereocenters. The third-order valence-corrected chi connectivity index (χ3v) is 8.26. The lowest BCUT2D eigenvalue weighted by Gasteiger charge is -2.40. The molecule has 1 aliphatic carbocycles. The first-order valence-electron chi connectivity index (χ1n) is 11.5. The van der Waals surface area contributed by atoms with Crippen molar-refractivity contribution in [2.24, 2.45) is 11.8 Å². The van der Waals surface area contributed by atoms with Crippen molar-refractivity contribution in [1.82, 2.24) is 5.32 Å². The average molecular weight is 507 g/mol. The Morgan fingerprint density at radius 2 is 1.91 bits per heavy atom. The Morgan fingerprint density at radius 1 is 1.21 bits per heavy atom. The van der Waals surface area contributed by atoms with E-state index >= 15 is 8.78 Å². The van der Waals surface area contributed by atoms with Crippen molar-refractivity contribution in [3.63, 3.8) is 0 Å². The first-order valence-corrected chi connectivity index (χ1v) is 12.3. The van der Waals surface area contributed by atoms with Gasteiger partial charge in [-0.2, -0.15) is 5.26 Å². The number of hydrogen-bond acceptors (Lipinski definition) is 3. The maximum absolute atomic E-state index is 15.5. The first-order chi connectivity index (χ1) is 16.2. The van der Waals surface area contributed by atoms with Crippen LogP contribution in [0.4, 0.5) is 8.78 Å². The minimum absolute atomic E-state index is 0.00712. The summed E-state index contributed by atoms with van der Waals surface area (Å²) in [6.07, 6.45) is 5.11. The van der Waals surface area contributed by atoms with E-state index in [1.54, 1.807) is 0 Å². The molecule has 2 fully saturated rings. The molecular formula is C26H26Cl2F2N2O2. The molecule has 4 nitrogen and oxygen atoms in total. The molecule has 1 aliphatic heterocycles. The number of benzene rings is 2. The smallest absolute Gasteiger partial charge is 0.321 e. The third kappa shape index (κ3) is 4.08. The minimum Gasteiger partial charge on any atom is -0.480 e. The molecule has 2 N–H and O–H groups in total. The van der Waals surface area contributed by atoms with Crippen molar-refractivity contribution < 1.29 is 18.7 Å². The molecule has 2 aliphatic rings. The van der Waals surface area contributed by atoms with Gasteiger partial charge in [0, 0.05) is 22.5 Å². The number of aliphatic carboxylic acids is 1. The van der Waals surface area contributed by atoms with E-state index in [9.17, 15) is 15.2 Å². The van der Waals surface area contributed by atoms with Gasteiger partial charge in [-0.05, 0) is 35.6 Å². The normalized spacial score (nSPS) is 28.4. The summed E-state index contributed by atoms with van der Waals surface area (Å²) in [5.41, 5.74) is -1.73. The van der Waals surface area contributed by atoms with E-state index < -0.39 is 41.0 Å². The summed E-state index contributed by atoms with van der Waals surface area (Å²) in [5, 5.41) is 24.0. The van der Waals surface area contributed by atoms with Crippen LogP contribution in [0.25, 0.3) is 0 Å². The summed E-state index contributed by atoms with van der Waals surface area (Å²) in [6, 6.07) is 8.53. The van der Waals surface area contributed by atoms with Crippen LogP contribution in [0.3, 0.4) is 0 Å². The SMILES string of the molecule is CC(C1CCCCC1)C1NC(C(=O)O)C(c2cccc(Cl)c2F)C1(C#N)c1ccc(Cl)cc1F. The Kier molecular flexibility index (Phi) is 7.19. The molecule has 4 rings (SSSR count). The molecular weight excluding hydrogens is 481 g/mol. The molecule has 0 radical (unpaired) electrons. The molecule has 1 heterocycles. The molecule has 180 valence electrons. The quantitative estimate of drug-likeness (QED) is 0.488. The minimum atomic E-state index is -1.71. The number of nitriles is 1. The summed E-state index contributed by atoms with van der Waals surface area (Å²) >= 11 is 12.1. The zero-order valence-electron chi connectivity index (χ0n) is 18.7. The van der Waals surface area contributed by atoms with Crippen LogP contribution in [0.1, 0.15) is 56.1 Å². The van der Waals surface area contributed by atoms with Crippen molar-refractivity contribution in [3.05, 3.63) is 69.2 Å². The van der Waals surface area contributed by atoms with Crippen LogP contribution in [-0.2, 0) is 10.2 Å². The fraction of sp³-hybridized carbons (Fsp3) is 0.462. The summed E-state index contributed by atoms with van der Waals surface area (Å²) in [7, 11) is 0. The standard InChI is InChI=1S/C26H26Cl2F2N2O2/c1-14(15-6-3-2-4-7-15)24-26(13-31,18-11-10-16(27)12-20(18)29)21(23(32-24)25(33)34)17-8-5-9-19(28)22(17)30/h5,8-12,14-15,21,23-24,32H,2-4,6-7H2,1H3,(H,33,34). The van der Waals surface area contributed by atoms with E-state index in [0.29, 0.717) is 0 Å². The Morgan fingerprint density at radius 3 is 2.53 bits per heavy atom. The summed E-state index contributed by atoms with van der Waals surface area (Å²) in [4.78, 5) is 12.5. The van der Waals surface area contributed by atoms with E-state index in [4.69, 9.17) is 23.2 Å². The average Bonchev–Trinajstić information content (AvgIpc) is 3.17. The van der Waals surface area contributed by atoms with Gasteiger partial charge in [0.05, 0.1) is 11.1 Å². The van der Waals surface area contributed by atoms with Crippen LogP contribution in [0, 0.1) is 34.8 Å². The predicted molar refractivity (Wildman–Crippen MR) is 127 cm³/mol. The van der Waals surface area contributed by atoms with E-state index in [2.05, 4.69) is 11.4 Å². The van der Waals surface area contributed by atoms with E-state index in [1.165, 1.54) is 30.3 Å². The Bertz CT molecular complexity index is 1130. The number of halogens is 4. The van der Waals surface area contributed by atoms with Gasteiger partial charge in [0.2, 0.25) is 0 Å². The highest BCUT2D eigenvalue weighted by atomic mass is 35.5. The highest BCUT2D eigenvalue weighted by Crippen LogP contribution is 2.53. The molecule has 2 aromatic carbocycles. The van der Waals surface area contributed by atoms with Gasteiger partial charge in [-0.15, -0.1) is 0 Å². The van der Waals surface area contributed by atoms with Crippen LogP contribution in [-0.4, -0.2) is 23.2 Å². The lowest BCUT2D eigenvalue weighted by atomic mass is 9.60. The zero-order valence-corrected chi connectivity index (χ0v) is 20.2. The molecule has 2 aromatic rings. The fourth-order valence-corrected chi connectivity index (χ4v) is 6.48. The second kappa shape index (κ2) is 9.81. The molecule has 0 bridgehead atoms. The number of nitrogens with one attached hydrogen (secondary N) is 1. The maximum atomic E-state index is 15.5. The Hall–Kier alpha value is -2.20.